The lowest BCUT2D eigenvalue weighted by Gasteiger charge is -2.18. The number of rotatable bonds is 2. The van der Waals surface area contributed by atoms with Gasteiger partial charge in [0, 0.05) is 5.92 Å². The van der Waals surface area contributed by atoms with Gasteiger partial charge in [-0.05, 0) is 26.2 Å². The highest BCUT2D eigenvalue weighted by molar-refractivity contribution is 5.86. The number of hydrogen-bond donors (Lipinski definition) is 1. The van der Waals surface area contributed by atoms with Crippen molar-refractivity contribution in [3.8, 4) is 0 Å². The maximum atomic E-state index is 11.5. The summed E-state index contributed by atoms with van der Waals surface area (Å²) in [6, 6.07) is -0.321. The summed E-state index contributed by atoms with van der Waals surface area (Å²) in [6.07, 6.45) is 3.63. The Bertz CT molecular complexity index is 203. The van der Waals surface area contributed by atoms with Crippen LogP contribution in [0.15, 0.2) is 0 Å². The molecule has 0 spiro atoms. The number of nitrogens with two attached hydrogens (primary N) is 1. The third kappa shape index (κ3) is 1.17. The maximum absolute atomic E-state index is 11.5. The molecule has 2 bridgehead atoms. The summed E-state index contributed by atoms with van der Waals surface area (Å²) >= 11 is 0. The zero-order valence-corrected chi connectivity index (χ0v) is 7.32. The summed E-state index contributed by atoms with van der Waals surface area (Å²) < 4.78 is 5.58. The van der Waals surface area contributed by atoms with Crippen molar-refractivity contribution < 1.29 is 9.53 Å². The van der Waals surface area contributed by atoms with Crippen molar-refractivity contribution >= 4 is 5.78 Å². The Balaban J connectivity index is 2.02. The number of carbonyl (C=O) groups excluding carboxylic acids is 1. The molecule has 3 heteroatoms. The Kier molecular flexibility index (Phi) is 1.93. The number of fused-ring (bicyclic) bond motifs is 2. The van der Waals surface area contributed by atoms with Crippen molar-refractivity contribution in [3.63, 3.8) is 0 Å². The number of carbonyl (C=O) groups is 1. The van der Waals surface area contributed by atoms with Crippen LogP contribution in [-0.2, 0) is 9.53 Å². The summed E-state index contributed by atoms with van der Waals surface area (Å²) in [5, 5.41) is 0. The second-order valence-electron chi connectivity index (χ2n) is 3.91. The van der Waals surface area contributed by atoms with Crippen molar-refractivity contribution in [2.24, 2.45) is 11.7 Å². The molecule has 0 aromatic heterocycles. The Labute approximate surface area is 72.3 Å². The van der Waals surface area contributed by atoms with Crippen LogP contribution in [0.2, 0.25) is 0 Å². The summed E-state index contributed by atoms with van der Waals surface area (Å²) in [7, 11) is 0. The topological polar surface area (TPSA) is 52.3 Å². The van der Waals surface area contributed by atoms with Gasteiger partial charge >= 0.3 is 0 Å². The predicted molar refractivity (Wildman–Crippen MR) is 44.7 cm³/mol. The lowest BCUT2D eigenvalue weighted by Crippen LogP contribution is -2.37. The van der Waals surface area contributed by atoms with Crippen LogP contribution in [0, 0.1) is 5.92 Å². The third-order valence-electron chi connectivity index (χ3n) is 2.92. The number of hydrogen-bond acceptors (Lipinski definition) is 3. The highest BCUT2D eigenvalue weighted by Crippen LogP contribution is 2.39. The Hall–Kier alpha value is -0.410. The molecular formula is C9H15NO2. The number of ketones is 1. The van der Waals surface area contributed by atoms with Gasteiger partial charge in [0.05, 0.1) is 18.2 Å². The van der Waals surface area contributed by atoms with Crippen molar-refractivity contribution in [3.05, 3.63) is 0 Å². The standard InChI is InChI=1S/C9H15NO2/c1-5(10)9(11)7-4-6-2-3-8(7)12-6/h5-8H,2-4,10H2,1H3. The molecule has 0 amide bonds. The van der Waals surface area contributed by atoms with E-state index in [4.69, 9.17) is 10.5 Å². The van der Waals surface area contributed by atoms with Gasteiger partial charge in [0.25, 0.3) is 0 Å². The highest BCUT2D eigenvalue weighted by atomic mass is 16.5. The highest BCUT2D eigenvalue weighted by Gasteiger charge is 2.44. The molecule has 2 aliphatic heterocycles. The molecule has 0 aromatic carbocycles. The normalized spacial score (nSPS) is 41.7. The smallest absolute Gasteiger partial charge is 0.154 e. The summed E-state index contributed by atoms with van der Waals surface area (Å²) in [5.74, 6) is 0.283. The van der Waals surface area contributed by atoms with Gasteiger partial charge < -0.3 is 10.5 Å². The van der Waals surface area contributed by atoms with Gasteiger partial charge in [0.2, 0.25) is 0 Å². The van der Waals surface area contributed by atoms with Crippen LogP contribution in [0.1, 0.15) is 26.2 Å². The van der Waals surface area contributed by atoms with E-state index in [0.29, 0.717) is 6.10 Å². The van der Waals surface area contributed by atoms with Gasteiger partial charge in [-0.2, -0.15) is 0 Å². The lowest BCUT2D eigenvalue weighted by atomic mass is 9.84. The SMILES string of the molecule is CC(N)C(=O)C1CC2CCC1O2. The maximum Gasteiger partial charge on any atom is 0.154 e. The van der Waals surface area contributed by atoms with Gasteiger partial charge in [0.15, 0.2) is 5.78 Å². The second kappa shape index (κ2) is 2.82. The third-order valence-corrected chi connectivity index (χ3v) is 2.92. The van der Waals surface area contributed by atoms with Gasteiger partial charge in [0.1, 0.15) is 0 Å². The van der Waals surface area contributed by atoms with E-state index in [1.54, 1.807) is 6.92 Å². The Morgan fingerprint density at radius 1 is 1.58 bits per heavy atom. The molecule has 2 saturated heterocycles. The molecule has 2 heterocycles. The zero-order chi connectivity index (χ0) is 8.72. The van der Waals surface area contributed by atoms with Crippen molar-refractivity contribution in [2.45, 2.75) is 44.4 Å². The second-order valence-corrected chi connectivity index (χ2v) is 3.91. The van der Waals surface area contributed by atoms with E-state index in [0.717, 1.165) is 19.3 Å². The van der Waals surface area contributed by atoms with E-state index in [-0.39, 0.29) is 23.8 Å². The van der Waals surface area contributed by atoms with Gasteiger partial charge in [-0.1, -0.05) is 0 Å². The molecule has 2 N–H and O–H groups in total. The monoisotopic (exact) mass is 169 g/mol. The van der Waals surface area contributed by atoms with Crippen LogP contribution in [-0.4, -0.2) is 24.0 Å². The summed E-state index contributed by atoms with van der Waals surface area (Å²) in [6.45, 7) is 1.76. The van der Waals surface area contributed by atoms with Crippen LogP contribution in [0.25, 0.3) is 0 Å². The quantitative estimate of drug-likeness (QED) is 0.653. The van der Waals surface area contributed by atoms with E-state index < -0.39 is 0 Å². The average Bonchev–Trinajstić information content (AvgIpc) is 2.62. The Morgan fingerprint density at radius 2 is 2.33 bits per heavy atom. The van der Waals surface area contributed by atoms with Crippen LogP contribution >= 0.6 is 0 Å². The molecule has 12 heavy (non-hydrogen) atoms. The van der Waals surface area contributed by atoms with Crippen molar-refractivity contribution in [1.29, 1.82) is 0 Å². The molecule has 3 nitrogen and oxygen atoms in total. The van der Waals surface area contributed by atoms with Crippen molar-refractivity contribution in [1.82, 2.24) is 0 Å². The molecule has 0 radical (unpaired) electrons. The van der Waals surface area contributed by atoms with Crippen LogP contribution in [0.3, 0.4) is 0 Å². The van der Waals surface area contributed by atoms with Gasteiger partial charge in [-0.3, -0.25) is 4.79 Å². The molecule has 4 atom stereocenters. The van der Waals surface area contributed by atoms with Crippen LogP contribution in [0.4, 0.5) is 0 Å². The molecule has 0 saturated carbocycles. The minimum Gasteiger partial charge on any atom is -0.374 e. The lowest BCUT2D eigenvalue weighted by molar-refractivity contribution is -0.125. The molecule has 2 fully saturated rings. The molecule has 4 unspecified atom stereocenters. The van der Waals surface area contributed by atoms with Crippen molar-refractivity contribution in [2.75, 3.05) is 0 Å². The van der Waals surface area contributed by atoms with Gasteiger partial charge in [-0.25, -0.2) is 0 Å². The zero-order valence-electron chi connectivity index (χ0n) is 7.32. The number of Topliss-reactive ketones (excluding diaryl/α,β-unsaturated/α-hetero) is 1. The molecule has 0 aliphatic carbocycles. The van der Waals surface area contributed by atoms with E-state index >= 15 is 0 Å². The van der Waals surface area contributed by atoms with E-state index in [9.17, 15) is 4.79 Å². The van der Waals surface area contributed by atoms with E-state index in [1.165, 1.54) is 0 Å². The number of ether oxygens (including phenoxy) is 1. The first-order chi connectivity index (χ1) is 5.68. The van der Waals surface area contributed by atoms with E-state index in [2.05, 4.69) is 0 Å². The first-order valence-corrected chi connectivity index (χ1v) is 4.63. The van der Waals surface area contributed by atoms with Crippen LogP contribution in [0.5, 0.6) is 0 Å². The Morgan fingerprint density at radius 3 is 2.75 bits per heavy atom. The summed E-state index contributed by atoms with van der Waals surface area (Å²) in [5.41, 5.74) is 5.54. The first-order valence-electron chi connectivity index (χ1n) is 4.63. The van der Waals surface area contributed by atoms with Crippen LogP contribution < -0.4 is 5.73 Å². The molecule has 0 aromatic rings. The fourth-order valence-corrected chi connectivity index (χ4v) is 2.27. The fraction of sp³-hybridized carbons (Fsp3) is 0.889. The van der Waals surface area contributed by atoms with E-state index in [1.807, 2.05) is 0 Å². The minimum absolute atomic E-state index is 0.101. The average molecular weight is 169 g/mol. The fourth-order valence-electron chi connectivity index (χ4n) is 2.27. The molecule has 2 aliphatic rings. The molecule has 68 valence electrons. The molecular weight excluding hydrogens is 154 g/mol. The largest absolute Gasteiger partial charge is 0.374 e. The molecule has 2 rings (SSSR count). The predicted octanol–water partition coefficient (Wildman–Crippen LogP) is 0.470. The summed E-state index contributed by atoms with van der Waals surface area (Å²) in [4.78, 5) is 11.5. The first kappa shape index (κ1) is 8.20. The van der Waals surface area contributed by atoms with Gasteiger partial charge in [-0.15, -0.1) is 0 Å². The minimum atomic E-state index is -0.321.